The number of carboxylic acid groups (broad SMARTS) is 1. The number of hydrogen-bond acceptors (Lipinski definition) is 3. The Morgan fingerprint density at radius 3 is 2.79 bits per heavy atom. The van der Waals surface area contributed by atoms with Crippen LogP contribution in [0.1, 0.15) is 35.6 Å². The van der Waals surface area contributed by atoms with Gasteiger partial charge < -0.3 is 20.7 Å². The maximum absolute atomic E-state index is 11.7. The Kier molecular flexibility index (Phi) is 3.55. The number of aromatic amines is 1. The van der Waals surface area contributed by atoms with Gasteiger partial charge in [-0.3, -0.25) is 0 Å². The molecule has 2 amide bonds. The average molecular weight is 264 g/mol. The molecule has 0 spiro atoms. The molecular formula is C12H16N4O3. The van der Waals surface area contributed by atoms with Crippen molar-refractivity contribution in [2.24, 2.45) is 0 Å². The smallest absolute Gasteiger partial charge is 0.353 e. The van der Waals surface area contributed by atoms with Gasteiger partial charge >= 0.3 is 12.0 Å². The van der Waals surface area contributed by atoms with Gasteiger partial charge in [0.2, 0.25) is 0 Å². The molecule has 1 aliphatic carbocycles. The summed E-state index contributed by atoms with van der Waals surface area (Å²) in [6, 6.07) is -0.312. The summed E-state index contributed by atoms with van der Waals surface area (Å²) in [5.74, 6) is -0.575. The quantitative estimate of drug-likeness (QED) is 0.594. The summed E-state index contributed by atoms with van der Waals surface area (Å²) in [6.07, 6.45) is 5.29. The normalized spacial score (nSPS) is 16.2. The Morgan fingerprint density at radius 2 is 2.32 bits per heavy atom. The van der Waals surface area contributed by atoms with Gasteiger partial charge in [0.05, 0.1) is 11.7 Å². The van der Waals surface area contributed by atoms with E-state index in [1.54, 1.807) is 6.08 Å². The molecule has 0 radical (unpaired) electrons. The highest BCUT2D eigenvalue weighted by Gasteiger charge is 2.42. The highest BCUT2D eigenvalue weighted by Crippen LogP contribution is 2.39. The molecule has 1 aromatic heterocycles. The number of nitrogens with one attached hydrogen (secondary N) is 3. The predicted molar refractivity (Wildman–Crippen MR) is 67.8 cm³/mol. The maximum atomic E-state index is 11.7. The van der Waals surface area contributed by atoms with E-state index in [2.05, 4.69) is 27.2 Å². The van der Waals surface area contributed by atoms with Crippen LogP contribution in [0.4, 0.5) is 4.79 Å². The zero-order chi connectivity index (χ0) is 13.9. The molecule has 1 aromatic rings. The minimum atomic E-state index is -1.07. The highest BCUT2D eigenvalue weighted by atomic mass is 16.4. The van der Waals surface area contributed by atoms with E-state index in [9.17, 15) is 9.59 Å². The molecule has 0 bridgehead atoms. The standard InChI is InChI=1S/C12H16N4O3/c1-2-6-13-11(19)16-12(4-3-5-12)10-14-7-8(15-10)9(17)18/h2,7H,1,3-6H2,(H,14,15)(H,17,18)(H2,13,16,19). The van der Waals surface area contributed by atoms with Gasteiger partial charge in [0.25, 0.3) is 0 Å². The molecular weight excluding hydrogens is 248 g/mol. The third-order valence-corrected chi connectivity index (χ3v) is 3.23. The molecule has 0 aliphatic heterocycles. The van der Waals surface area contributed by atoms with Crippen molar-refractivity contribution >= 4 is 12.0 Å². The Morgan fingerprint density at radius 1 is 1.58 bits per heavy atom. The average Bonchev–Trinajstić information content (AvgIpc) is 2.81. The van der Waals surface area contributed by atoms with Crippen molar-refractivity contribution in [3.63, 3.8) is 0 Å². The van der Waals surface area contributed by atoms with Gasteiger partial charge in [0, 0.05) is 6.54 Å². The SMILES string of the molecule is C=CCNC(=O)NC1(c2ncc(C(=O)O)[nH]2)CCC1. The van der Waals surface area contributed by atoms with Crippen LogP contribution in [0, 0.1) is 0 Å². The zero-order valence-corrected chi connectivity index (χ0v) is 10.4. The molecule has 1 aliphatic rings. The summed E-state index contributed by atoms with van der Waals surface area (Å²) in [5, 5.41) is 14.3. The zero-order valence-electron chi connectivity index (χ0n) is 10.4. The van der Waals surface area contributed by atoms with Crippen LogP contribution in [0.3, 0.4) is 0 Å². The first-order chi connectivity index (χ1) is 9.07. The fourth-order valence-corrected chi connectivity index (χ4v) is 2.05. The number of aromatic carboxylic acids is 1. The molecule has 1 fully saturated rings. The van der Waals surface area contributed by atoms with Crippen molar-refractivity contribution in [1.29, 1.82) is 0 Å². The van der Waals surface area contributed by atoms with E-state index in [0.29, 0.717) is 12.4 Å². The largest absolute Gasteiger partial charge is 0.477 e. The lowest BCUT2D eigenvalue weighted by Gasteiger charge is -2.40. The van der Waals surface area contributed by atoms with E-state index < -0.39 is 11.5 Å². The molecule has 0 atom stereocenters. The summed E-state index contributed by atoms with van der Waals surface area (Å²) >= 11 is 0. The van der Waals surface area contributed by atoms with Crippen LogP contribution in [0.25, 0.3) is 0 Å². The van der Waals surface area contributed by atoms with Crippen LogP contribution < -0.4 is 10.6 Å². The van der Waals surface area contributed by atoms with E-state index >= 15 is 0 Å². The highest BCUT2D eigenvalue weighted by molar-refractivity contribution is 5.85. The third-order valence-electron chi connectivity index (χ3n) is 3.23. The minimum absolute atomic E-state index is 0.0228. The number of H-pyrrole nitrogens is 1. The van der Waals surface area contributed by atoms with Crippen molar-refractivity contribution in [3.8, 4) is 0 Å². The summed E-state index contributed by atoms with van der Waals surface area (Å²) in [6.45, 7) is 3.89. The molecule has 2 rings (SSSR count). The van der Waals surface area contributed by atoms with Gasteiger partial charge in [-0.15, -0.1) is 6.58 Å². The fraction of sp³-hybridized carbons (Fsp3) is 0.417. The number of carboxylic acids is 1. The van der Waals surface area contributed by atoms with E-state index in [1.807, 2.05) is 0 Å². The van der Waals surface area contributed by atoms with Crippen LogP contribution in [0.5, 0.6) is 0 Å². The second kappa shape index (κ2) is 5.13. The van der Waals surface area contributed by atoms with Crippen LogP contribution in [0.15, 0.2) is 18.9 Å². The predicted octanol–water partition coefficient (Wildman–Crippen LogP) is 0.972. The summed E-state index contributed by atoms with van der Waals surface area (Å²) in [5.41, 5.74) is -0.562. The number of imidazole rings is 1. The van der Waals surface area contributed by atoms with Crippen LogP contribution >= 0.6 is 0 Å². The van der Waals surface area contributed by atoms with Crippen molar-refractivity contribution in [1.82, 2.24) is 20.6 Å². The molecule has 0 unspecified atom stereocenters. The van der Waals surface area contributed by atoms with E-state index in [-0.39, 0.29) is 11.7 Å². The number of aromatic nitrogens is 2. The molecule has 0 aromatic carbocycles. The number of nitrogens with zero attached hydrogens (tertiary/aromatic N) is 1. The number of urea groups is 1. The van der Waals surface area contributed by atoms with Gasteiger partial charge in [-0.1, -0.05) is 6.08 Å². The molecule has 102 valence electrons. The second-order valence-corrected chi connectivity index (χ2v) is 4.51. The number of rotatable bonds is 5. The number of carbonyl (C=O) groups excluding carboxylic acids is 1. The second-order valence-electron chi connectivity index (χ2n) is 4.51. The van der Waals surface area contributed by atoms with Gasteiger partial charge in [0.15, 0.2) is 0 Å². The molecule has 7 heteroatoms. The lowest BCUT2D eigenvalue weighted by molar-refractivity contribution is 0.0690. The number of hydrogen-bond donors (Lipinski definition) is 4. The Bertz CT molecular complexity index is 505. The van der Waals surface area contributed by atoms with E-state index in [0.717, 1.165) is 19.3 Å². The number of carbonyl (C=O) groups is 2. The minimum Gasteiger partial charge on any atom is -0.477 e. The monoisotopic (exact) mass is 264 g/mol. The summed E-state index contributed by atoms with van der Waals surface area (Å²) < 4.78 is 0. The lowest BCUT2D eigenvalue weighted by atomic mass is 9.76. The first-order valence-corrected chi connectivity index (χ1v) is 6.03. The Balaban J connectivity index is 2.10. The maximum Gasteiger partial charge on any atom is 0.353 e. The fourth-order valence-electron chi connectivity index (χ4n) is 2.05. The van der Waals surface area contributed by atoms with Gasteiger partial charge in [-0.25, -0.2) is 14.6 Å². The summed E-state index contributed by atoms with van der Waals surface area (Å²) in [7, 11) is 0. The van der Waals surface area contributed by atoms with Crippen LogP contribution in [-0.4, -0.2) is 33.6 Å². The Labute approximate surface area is 110 Å². The first-order valence-electron chi connectivity index (χ1n) is 6.03. The first kappa shape index (κ1) is 13.1. The third kappa shape index (κ3) is 2.59. The van der Waals surface area contributed by atoms with Crippen molar-refractivity contribution in [3.05, 3.63) is 30.4 Å². The molecule has 7 nitrogen and oxygen atoms in total. The topological polar surface area (TPSA) is 107 Å². The van der Waals surface area contributed by atoms with Gasteiger partial charge in [0.1, 0.15) is 11.5 Å². The van der Waals surface area contributed by atoms with Gasteiger partial charge in [-0.05, 0) is 19.3 Å². The van der Waals surface area contributed by atoms with Crippen molar-refractivity contribution < 1.29 is 14.7 Å². The van der Waals surface area contributed by atoms with E-state index in [1.165, 1.54) is 6.20 Å². The van der Waals surface area contributed by atoms with Crippen molar-refractivity contribution in [2.45, 2.75) is 24.8 Å². The van der Waals surface area contributed by atoms with E-state index in [4.69, 9.17) is 5.11 Å². The molecule has 1 saturated carbocycles. The molecule has 1 heterocycles. The van der Waals surface area contributed by atoms with Crippen molar-refractivity contribution in [2.75, 3.05) is 6.54 Å². The lowest BCUT2D eigenvalue weighted by Crippen LogP contribution is -2.54. The number of amides is 2. The Hall–Kier alpha value is -2.31. The van der Waals surface area contributed by atoms with Gasteiger partial charge in [-0.2, -0.15) is 0 Å². The summed E-state index contributed by atoms with van der Waals surface area (Å²) in [4.78, 5) is 29.3. The molecule has 0 saturated heterocycles. The van der Waals surface area contributed by atoms with Crippen LogP contribution in [-0.2, 0) is 5.54 Å². The molecule has 4 N–H and O–H groups in total. The van der Waals surface area contributed by atoms with Crippen LogP contribution in [0.2, 0.25) is 0 Å². The molecule has 19 heavy (non-hydrogen) atoms.